The number of anilines is 1. The fourth-order valence-corrected chi connectivity index (χ4v) is 4.63. The maximum Gasteiger partial charge on any atom is 0.278 e. The van der Waals surface area contributed by atoms with Gasteiger partial charge in [0.1, 0.15) is 5.70 Å². The van der Waals surface area contributed by atoms with Crippen molar-refractivity contribution in [3.05, 3.63) is 71.4 Å². The van der Waals surface area contributed by atoms with E-state index in [1.807, 2.05) is 73.5 Å². The average Bonchev–Trinajstić information content (AvgIpc) is 2.99. The molecule has 0 saturated heterocycles. The largest absolute Gasteiger partial charge is 0.339 e. The van der Waals surface area contributed by atoms with E-state index in [1.165, 1.54) is 19.3 Å². The van der Waals surface area contributed by atoms with Gasteiger partial charge in [0.25, 0.3) is 11.8 Å². The van der Waals surface area contributed by atoms with Gasteiger partial charge >= 0.3 is 0 Å². The normalized spacial score (nSPS) is 18.5. The summed E-state index contributed by atoms with van der Waals surface area (Å²) in [5, 5.41) is 0. The molecule has 30 heavy (non-hydrogen) atoms. The molecule has 0 unspecified atom stereocenters. The molecular formula is C26H30N2O2. The number of hydrogen-bond acceptors (Lipinski definition) is 3. The van der Waals surface area contributed by atoms with Gasteiger partial charge in [-0.05, 0) is 37.5 Å². The van der Waals surface area contributed by atoms with E-state index in [4.69, 9.17) is 0 Å². The Kier molecular flexibility index (Phi) is 6.03. The van der Waals surface area contributed by atoms with Gasteiger partial charge in [0, 0.05) is 18.8 Å². The number of nitrogens with zero attached hydrogens (tertiary/aromatic N) is 2. The number of carbonyl (C=O) groups excluding carboxylic acids is 2. The quantitative estimate of drug-likeness (QED) is 0.650. The van der Waals surface area contributed by atoms with Crippen LogP contribution in [0.15, 0.2) is 60.3 Å². The Bertz CT molecular complexity index is 939. The summed E-state index contributed by atoms with van der Waals surface area (Å²) in [6.45, 7) is 2.03. The van der Waals surface area contributed by atoms with E-state index in [1.54, 1.807) is 4.90 Å². The first-order chi connectivity index (χ1) is 14.6. The van der Waals surface area contributed by atoms with E-state index in [9.17, 15) is 9.59 Å². The number of benzene rings is 2. The summed E-state index contributed by atoms with van der Waals surface area (Å²) >= 11 is 0. The number of imide groups is 1. The number of aryl methyl sites for hydroxylation is 1. The van der Waals surface area contributed by atoms with Crippen LogP contribution in [0.3, 0.4) is 0 Å². The molecule has 2 amide bonds. The van der Waals surface area contributed by atoms with Crippen molar-refractivity contribution < 1.29 is 9.59 Å². The van der Waals surface area contributed by atoms with E-state index in [0.29, 0.717) is 11.3 Å². The lowest BCUT2D eigenvalue weighted by molar-refractivity contribution is -0.140. The van der Waals surface area contributed by atoms with Gasteiger partial charge in [-0.2, -0.15) is 0 Å². The maximum atomic E-state index is 13.7. The summed E-state index contributed by atoms with van der Waals surface area (Å²) in [5.74, 6) is -0.306. The summed E-state index contributed by atoms with van der Waals surface area (Å²) in [4.78, 5) is 30.8. The van der Waals surface area contributed by atoms with Crippen molar-refractivity contribution in [3.63, 3.8) is 0 Å². The molecule has 0 aromatic heterocycles. The molecule has 1 heterocycles. The molecular weight excluding hydrogens is 372 g/mol. The first kappa shape index (κ1) is 20.4. The second-order valence-electron chi connectivity index (χ2n) is 8.46. The van der Waals surface area contributed by atoms with Crippen LogP contribution in [0.2, 0.25) is 0 Å². The summed E-state index contributed by atoms with van der Waals surface area (Å²) in [7, 11) is 1.88. The number of rotatable bonds is 4. The van der Waals surface area contributed by atoms with Crippen molar-refractivity contribution >= 4 is 23.1 Å². The third-order valence-corrected chi connectivity index (χ3v) is 6.35. The Morgan fingerprint density at radius 2 is 1.40 bits per heavy atom. The molecule has 156 valence electrons. The molecule has 2 aromatic rings. The lowest BCUT2D eigenvalue weighted by atomic mass is 9.95. The van der Waals surface area contributed by atoms with E-state index in [-0.39, 0.29) is 17.9 Å². The van der Waals surface area contributed by atoms with Crippen molar-refractivity contribution in [1.82, 2.24) is 4.90 Å². The molecule has 1 aliphatic carbocycles. The van der Waals surface area contributed by atoms with Crippen LogP contribution in [0.25, 0.3) is 5.57 Å². The molecule has 1 aliphatic heterocycles. The third-order valence-electron chi connectivity index (χ3n) is 6.35. The van der Waals surface area contributed by atoms with E-state index in [2.05, 4.69) is 0 Å². The fraction of sp³-hybridized carbons (Fsp3) is 0.385. The monoisotopic (exact) mass is 402 g/mol. The second-order valence-corrected chi connectivity index (χ2v) is 8.46. The van der Waals surface area contributed by atoms with Crippen LogP contribution in [0, 0.1) is 6.92 Å². The molecule has 1 fully saturated rings. The molecule has 4 heteroatoms. The highest BCUT2D eigenvalue weighted by Gasteiger charge is 2.44. The van der Waals surface area contributed by atoms with Crippen LogP contribution >= 0.6 is 0 Å². The van der Waals surface area contributed by atoms with Crippen molar-refractivity contribution in [1.29, 1.82) is 0 Å². The molecule has 0 radical (unpaired) electrons. The molecule has 4 rings (SSSR count). The van der Waals surface area contributed by atoms with Crippen molar-refractivity contribution in [2.75, 3.05) is 11.9 Å². The van der Waals surface area contributed by atoms with E-state index >= 15 is 0 Å². The van der Waals surface area contributed by atoms with Gasteiger partial charge < -0.3 is 4.90 Å². The molecule has 1 saturated carbocycles. The van der Waals surface area contributed by atoms with Crippen LogP contribution in [0.1, 0.15) is 56.1 Å². The number of carbonyl (C=O) groups is 2. The fourth-order valence-electron chi connectivity index (χ4n) is 4.63. The first-order valence-corrected chi connectivity index (χ1v) is 11.1. The van der Waals surface area contributed by atoms with Gasteiger partial charge in [0.2, 0.25) is 0 Å². The first-order valence-electron chi connectivity index (χ1n) is 11.1. The van der Waals surface area contributed by atoms with Crippen LogP contribution in [-0.4, -0.2) is 29.8 Å². The third kappa shape index (κ3) is 3.91. The second kappa shape index (κ2) is 8.86. The lowest BCUT2D eigenvalue weighted by Gasteiger charge is -2.29. The number of hydrogen-bond donors (Lipinski definition) is 0. The van der Waals surface area contributed by atoms with Gasteiger partial charge in [-0.15, -0.1) is 0 Å². The molecule has 0 atom stereocenters. The molecule has 0 spiro atoms. The Morgan fingerprint density at radius 3 is 2.03 bits per heavy atom. The minimum absolute atomic E-state index is 0.00702. The topological polar surface area (TPSA) is 40.6 Å². The number of para-hydroxylation sites is 1. The van der Waals surface area contributed by atoms with Crippen LogP contribution in [0.4, 0.5) is 5.69 Å². The van der Waals surface area contributed by atoms with Gasteiger partial charge in [0.15, 0.2) is 0 Å². The summed E-state index contributed by atoms with van der Waals surface area (Å²) in [6.07, 6.45) is 7.58. The van der Waals surface area contributed by atoms with E-state index in [0.717, 1.165) is 42.5 Å². The van der Waals surface area contributed by atoms with Crippen molar-refractivity contribution in [2.45, 2.75) is 57.9 Å². The SMILES string of the molecule is Cc1ccc(C2=C(N(C)c3ccccc3)C(=O)N(C3CCCCCCC3)C2=O)cc1. The summed E-state index contributed by atoms with van der Waals surface area (Å²) in [5.41, 5.74) is 3.85. The standard InChI is InChI=1S/C26H30N2O2/c1-19-15-17-20(18-16-19)23-24(27(2)21-11-9-6-10-12-21)26(30)28(25(23)29)22-13-7-4-3-5-8-14-22/h6,9-12,15-18,22H,3-5,7-8,13-14H2,1-2H3. The Hall–Kier alpha value is -2.88. The summed E-state index contributed by atoms with van der Waals surface area (Å²) < 4.78 is 0. The Morgan fingerprint density at radius 1 is 0.800 bits per heavy atom. The summed E-state index contributed by atoms with van der Waals surface area (Å²) in [6, 6.07) is 17.7. The average molecular weight is 403 g/mol. The van der Waals surface area contributed by atoms with Crippen LogP contribution in [0.5, 0.6) is 0 Å². The van der Waals surface area contributed by atoms with Gasteiger partial charge in [-0.25, -0.2) is 0 Å². The molecule has 2 aromatic carbocycles. The predicted octanol–water partition coefficient (Wildman–Crippen LogP) is 5.32. The highest BCUT2D eigenvalue weighted by molar-refractivity contribution is 6.36. The van der Waals surface area contributed by atoms with E-state index < -0.39 is 0 Å². The zero-order valence-electron chi connectivity index (χ0n) is 17.9. The van der Waals surface area contributed by atoms with Gasteiger partial charge in [0.05, 0.1) is 5.57 Å². The number of amides is 2. The lowest BCUT2D eigenvalue weighted by Crippen LogP contribution is -2.42. The predicted molar refractivity (Wildman–Crippen MR) is 121 cm³/mol. The molecule has 2 aliphatic rings. The Labute approximate surface area is 179 Å². The highest BCUT2D eigenvalue weighted by atomic mass is 16.2. The van der Waals surface area contributed by atoms with Gasteiger partial charge in [-0.3, -0.25) is 14.5 Å². The smallest absolute Gasteiger partial charge is 0.278 e. The maximum absolute atomic E-state index is 13.7. The molecule has 0 N–H and O–H groups in total. The minimum Gasteiger partial charge on any atom is -0.339 e. The van der Waals surface area contributed by atoms with Crippen LogP contribution < -0.4 is 4.90 Å². The Balaban J connectivity index is 1.77. The number of likely N-dealkylation sites (N-methyl/N-ethyl adjacent to an activating group) is 1. The van der Waals surface area contributed by atoms with Crippen molar-refractivity contribution in [3.8, 4) is 0 Å². The highest BCUT2D eigenvalue weighted by Crippen LogP contribution is 2.36. The zero-order chi connectivity index (χ0) is 21.1. The minimum atomic E-state index is -0.160. The van der Waals surface area contributed by atoms with Crippen LogP contribution in [-0.2, 0) is 9.59 Å². The molecule has 0 bridgehead atoms. The van der Waals surface area contributed by atoms with Crippen molar-refractivity contribution in [2.24, 2.45) is 0 Å². The molecule has 4 nitrogen and oxygen atoms in total. The van der Waals surface area contributed by atoms with Gasteiger partial charge in [-0.1, -0.05) is 80.1 Å². The zero-order valence-corrected chi connectivity index (χ0v) is 17.9.